The first-order valence-corrected chi connectivity index (χ1v) is 9.54. The Balaban J connectivity index is 3.67. The Morgan fingerprint density at radius 1 is 1.00 bits per heavy atom. The standard InChI is InChI=1S/C12H27ClO2Si/c1-5-14-16(13,15-6-2)11-9-7-8-10-12(3)4/h12H,5-11H2,1-4H3. The molecule has 4 heteroatoms. The highest BCUT2D eigenvalue weighted by Gasteiger charge is 2.34. The van der Waals surface area contributed by atoms with E-state index in [1.807, 2.05) is 13.8 Å². The summed E-state index contributed by atoms with van der Waals surface area (Å²) in [5, 5.41) is 0. The molecule has 0 saturated heterocycles. The lowest BCUT2D eigenvalue weighted by molar-refractivity contribution is 0.202. The maximum atomic E-state index is 6.38. The fourth-order valence-electron chi connectivity index (χ4n) is 1.68. The molecule has 0 bridgehead atoms. The van der Waals surface area contributed by atoms with Crippen molar-refractivity contribution in [1.29, 1.82) is 0 Å². The van der Waals surface area contributed by atoms with Crippen molar-refractivity contribution >= 4 is 18.9 Å². The Bertz CT molecular complexity index is 159. The average Bonchev–Trinajstić information content (AvgIpc) is 2.17. The molecule has 0 aliphatic rings. The van der Waals surface area contributed by atoms with Gasteiger partial charge in [-0.05, 0) is 19.8 Å². The Labute approximate surface area is 107 Å². The molecule has 0 spiro atoms. The van der Waals surface area contributed by atoms with Gasteiger partial charge in [0.2, 0.25) is 0 Å². The van der Waals surface area contributed by atoms with Gasteiger partial charge in [-0.15, -0.1) is 0 Å². The van der Waals surface area contributed by atoms with E-state index in [-0.39, 0.29) is 0 Å². The van der Waals surface area contributed by atoms with E-state index in [2.05, 4.69) is 13.8 Å². The maximum absolute atomic E-state index is 6.38. The van der Waals surface area contributed by atoms with Crippen molar-refractivity contribution in [3.8, 4) is 0 Å². The van der Waals surface area contributed by atoms with Gasteiger partial charge in [0, 0.05) is 19.3 Å². The van der Waals surface area contributed by atoms with Crippen LogP contribution in [0.2, 0.25) is 6.04 Å². The number of halogens is 1. The second kappa shape index (κ2) is 9.46. The van der Waals surface area contributed by atoms with Gasteiger partial charge in [0.25, 0.3) is 0 Å². The molecule has 0 aromatic rings. The summed E-state index contributed by atoms with van der Waals surface area (Å²) in [6.07, 6.45) is 4.96. The van der Waals surface area contributed by atoms with Crippen molar-refractivity contribution in [3.05, 3.63) is 0 Å². The second-order valence-electron chi connectivity index (χ2n) is 4.52. The minimum Gasteiger partial charge on any atom is -0.383 e. The zero-order valence-electron chi connectivity index (χ0n) is 11.2. The minimum atomic E-state index is -2.35. The Kier molecular flexibility index (Phi) is 9.71. The Morgan fingerprint density at radius 2 is 1.56 bits per heavy atom. The molecule has 0 saturated carbocycles. The van der Waals surface area contributed by atoms with E-state index in [0.717, 1.165) is 18.4 Å². The molecule has 0 N–H and O–H groups in total. The molecule has 0 aromatic heterocycles. The highest BCUT2D eigenvalue weighted by Crippen LogP contribution is 2.22. The molecule has 0 radical (unpaired) electrons. The van der Waals surface area contributed by atoms with Gasteiger partial charge in [0.15, 0.2) is 0 Å². The van der Waals surface area contributed by atoms with Crippen LogP contribution in [0, 0.1) is 5.92 Å². The molecular formula is C12H27ClO2Si. The summed E-state index contributed by atoms with van der Waals surface area (Å²) in [7, 11) is -2.35. The van der Waals surface area contributed by atoms with Crippen LogP contribution in [-0.4, -0.2) is 21.1 Å². The van der Waals surface area contributed by atoms with Gasteiger partial charge >= 0.3 is 7.87 Å². The lowest BCUT2D eigenvalue weighted by Crippen LogP contribution is -2.36. The normalized spacial score (nSPS) is 12.4. The first-order chi connectivity index (χ1) is 7.54. The van der Waals surface area contributed by atoms with E-state index in [0.29, 0.717) is 13.2 Å². The molecule has 0 aliphatic carbocycles. The van der Waals surface area contributed by atoms with Gasteiger partial charge in [-0.3, -0.25) is 0 Å². The lowest BCUT2D eigenvalue weighted by atomic mass is 10.1. The summed E-state index contributed by atoms with van der Waals surface area (Å²) in [5.41, 5.74) is 0. The summed E-state index contributed by atoms with van der Waals surface area (Å²) >= 11 is 6.38. The van der Waals surface area contributed by atoms with Crippen molar-refractivity contribution in [1.82, 2.24) is 0 Å². The van der Waals surface area contributed by atoms with Gasteiger partial charge in [0.05, 0.1) is 0 Å². The zero-order chi connectivity index (χ0) is 12.4. The predicted molar refractivity (Wildman–Crippen MR) is 73.0 cm³/mol. The summed E-state index contributed by atoms with van der Waals surface area (Å²) in [4.78, 5) is 0. The van der Waals surface area contributed by atoms with E-state index in [9.17, 15) is 0 Å². The van der Waals surface area contributed by atoms with Crippen molar-refractivity contribution in [2.24, 2.45) is 5.92 Å². The van der Waals surface area contributed by atoms with Gasteiger partial charge in [0.1, 0.15) is 0 Å². The van der Waals surface area contributed by atoms with Crippen LogP contribution in [-0.2, 0) is 8.85 Å². The molecule has 0 fully saturated rings. The van der Waals surface area contributed by atoms with Crippen LogP contribution in [0.3, 0.4) is 0 Å². The molecule has 0 aromatic carbocycles. The molecule has 0 amide bonds. The highest BCUT2D eigenvalue weighted by atomic mass is 35.6. The first kappa shape index (κ1) is 16.4. The third kappa shape index (κ3) is 8.56. The van der Waals surface area contributed by atoms with Gasteiger partial charge < -0.3 is 8.85 Å². The first-order valence-electron chi connectivity index (χ1n) is 6.51. The largest absolute Gasteiger partial charge is 0.443 e. The fraction of sp³-hybridized carbons (Fsp3) is 1.00. The van der Waals surface area contributed by atoms with Crippen molar-refractivity contribution in [2.75, 3.05) is 13.2 Å². The third-order valence-electron chi connectivity index (χ3n) is 2.48. The van der Waals surface area contributed by atoms with E-state index in [1.165, 1.54) is 19.3 Å². The highest BCUT2D eigenvalue weighted by molar-refractivity contribution is 7.12. The topological polar surface area (TPSA) is 18.5 Å². The van der Waals surface area contributed by atoms with Crippen molar-refractivity contribution < 1.29 is 8.85 Å². The third-order valence-corrected chi connectivity index (χ3v) is 6.09. The molecule has 0 unspecified atom stereocenters. The Morgan fingerprint density at radius 3 is 2.00 bits per heavy atom. The van der Waals surface area contributed by atoms with Gasteiger partial charge in [-0.2, -0.15) is 0 Å². The number of unbranched alkanes of at least 4 members (excludes halogenated alkanes) is 2. The smallest absolute Gasteiger partial charge is 0.383 e. The summed E-state index contributed by atoms with van der Waals surface area (Å²) in [6, 6.07) is 0.911. The van der Waals surface area contributed by atoms with Crippen LogP contribution in [0.1, 0.15) is 53.4 Å². The molecule has 0 heterocycles. The van der Waals surface area contributed by atoms with Crippen LogP contribution in [0.15, 0.2) is 0 Å². The summed E-state index contributed by atoms with van der Waals surface area (Å²) < 4.78 is 11.2. The van der Waals surface area contributed by atoms with Crippen LogP contribution in [0.4, 0.5) is 0 Å². The Hall–Kier alpha value is 0.427. The lowest BCUT2D eigenvalue weighted by Gasteiger charge is -2.22. The number of rotatable bonds is 10. The van der Waals surface area contributed by atoms with Crippen molar-refractivity contribution in [2.45, 2.75) is 59.4 Å². The number of hydrogen-bond acceptors (Lipinski definition) is 2. The quantitative estimate of drug-likeness (QED) is 0.330. The molecule has 0 rings (SSSR count). The van der Waals surface area contributed by atoms with Gasteiger partial charge in [-0.25, -0.2) is 0 Å². The summed E-state index contributed by atoms with van der Waals surface area (Å²) in [5.74, 6) is 0.803. The zero-order valence-corrected chi connectivity index (χ0v) is 13.0. The monoisotopic (exact) mass is 266 g/mol. The van der Waals surface area contributed by atoms with Crippen LogP contribution < -0.4 is 0 Å². The van der Waals surface area contributed by atoms with Crippen LogP contribution in [0.25, 0.3) is 0 Å². The molecular weight excluding hydrogens is 240 g/mol. The van der Waals surface area contributed by atoms with Crippen LogP contribution in [0.5, 0.6) is 0 Å². The fourth-order valence-corrected chi connectivity index (χ4v) is 4.64. The molecule has 0 atom stereocenters. The second-order valence-corrected chi connectivity index (χ2v) is 8.64. The van der Waals surface area contributed by atoms with E-state index in [4.69, 9.17) is 19.9 Å². The van der Waals surface area contributed by atoms with E-state index < -0.39 is 7.87 Å². The maximum Gasteiger partial charge on any atom is 0.443 e. The van der Waals surface area contributed by atoms with Crippen LogP contribution >= 0.6 is 11.1 Å². The van der Waals surface area contributed by atoms with E-state index in [1.54, 1.807) is 0 Å². The summed E-state index contributed by atoms with van der Waals surface area (Å²) in [6.45, 7) is 9.79. The van der Waals surface area contributed by atoms with Crippen molar-refractivity contribution in [3.63, 3.8) is 0 Å². The molecule has 2 nitrogen and oxygen atoms in total. The predicted octanol–water partition coefficient (Wildman–Crippen LogP) is 4.45. The van der Waals surface area contributed by atoms with E-state index >= 15 is 0 Å². The SMILES string of the molecule is CCO[Si](Cl)(CCCCCC(C)C)OCC. The molecule has 0 aliphatic heterocycles. The molecule has 16 heavy (non-hydrogen) atoms. The minimum absolute atomic E-state index is 0.654. The number of hydrogen-bond donors (Lipinski definition) is 0. The average molecular weight is 267 g/mol. The molecule has 98 valence electrons. The van der Waals surface area contributed by atoms with Gasteiger partial charge in [-0.1, -0.05) is 50.6 Å².